The van der Waals surface area contributed by atoms with E-state index < -0.39 is 35.6 Å². The van der Waals surface area contributed by atoms with Crippen LogP contribution in [0.5, 0.6) is 0 Å². The van der Waals surface area contributed by atoms with Crippen molar-refractivity contribution in [3.05, 3.63) is 80.9 Å². The summed E-state index contributed by atoms with van der Waals surface area (Å²) in [6.45, 7) is 7.98. The Morgan fingerprint density at radius 2 is 1.65 bits per heavy atom. The fourth-order valence-corrected chi connectivity index (χ4v) is 2.43. The van der Waals surface area contributed by atoms with E-state index in [0.29, 0.717) is 10.3 Å². The Balaban J connectivity index is 2.38. The lowest BCUT2D eigenvalue weighted by molar-refractivity contribution is -0.122. The molecule has 2 aromatic heterocycles. The van der Waals surface area contributed by atoms with Gasteiger partial charge in [-0.2, -0.15) is 0 Å². The SMILES string of the molecule is C=CCn1c(=O)n(CC=C)c(=O)n(CC(=O)N[C@@H](C)c2ccco2)c1=O. The normalized spacial score (nSPS) is 11.7. The van der Waals surface area contributed by atoms with E-state index in [0.717, 1.165) is 9.13 Å². The number of hydrogen-bond donors (Lipinski definition) is 1. The van der Waals surface area contributed by atoms with Crippen molar-refractivity contribution in [1.29, 1.82) is 0 Å². The maximum Gasteiger partial charge on any atom is 0.337 e. The minimum Gasteiger partial charge on any atom is -0.467 e. The van der Waals surface area contributed by atoms with Crippen molar-refractivity contribution in [3.63, 3.8) is 0 Å². The molecule has 9 heteroatoms. The zero-order valence-electron chi connectivity index (χ0n) is 14.4. The Hall–Kier alpha value is -3.36. The Labute approximate surface area is 148 Å². The molecule has 0 aliphatic heterocycles. The van der Waals surface area contributed by atoms with Crippen molar-refractivity contribution in [1.82, 2.24) is 19.0 Å². The van der Waals surface area contributed by atoms with Gasteiger partial charge in [0.05, 0.1) is 25.4 Å². The first kappa shape index (κ1) is 19.0. The van der Waals surface area contributed by atoms with Gasteiger partial charge in [-0.1, -0.05) is 12.2 Å². The second kappa shape index (κ2) is 8.15. The molecule has 2 heterocycles. The number of carbonyl (C=O) groups is 1. The van der Waals surface area contributed by atoms with Crippen molar-refractivity contribution in [2.75, 3.05) is 0 Å². The molecule has 0 spiro atoms. The lowest BCUT2D eigenvalue weighted by atomic mass is 10.2. The number of allylic oxidation sites excluding steroid dienone is 2. The third kappa shape index (κ3) is 3.82. The molecule has 2 rings (SSSR count). The first-order valence-electron chi connectivity index (χ1n) is 7.89. The molecule has 0 radical (unpaired) electrons. The van der Waals surface area contributed by atoms with E-state index in [1.165, 1.54) is 18.4 Å². The average Bonchev–Trinajstić information content (AvgIpc) is 3.14. The second-order valence-corrected chi connectivity index (χ2v) is 5.54. The molecular formula is C17H20N4O5. The van der Waals surface area contributed by atoms with Crippen LogP contribution in [0.2, 0.25) is 0 Å². The van der Waals surface area contributed by atoms with Gasteiger partial charge in [0.15, 0.2) is 0 Å². The first-order valence-corrected chi connectivity index (χ1v) is 7.89. The predicted molar refractivity (Wildman–Crippen MR) is 94.9 cm³/mol. The summed E-state index contributed by atoms with van der Waals surface area (Å²) >= 11 is 0. The Kier molecular flexibility index (Phi) is 5.94. The highest BCUT2D eigenvalue weighted by Crippen LogP contribution is 2.11. The molecule has 0 unspecified atom stereocenters. The van der Waals surface area contributed by atoms with E-state index in [2.05, 4.69) is 18.5 Å². The number of rotatable bonds is 8. The summed E-state index contributed by atoms with van der Waals surface area (Å²) in [5.41, 5.74) is -2.53. The number of furan rings is 1. The van der Waals surface area contributed by atoms with E-state index in [1.54, 1.807) is 19.1 Å². The number of carbonyl (C=O) groups excluding carboxylic acids is 1. The fraction of sp³-hybridized carbons (Fsp3) is 0.294. The van der Waals surface area contributed by atoms with Crippen LogP contribution in [-0.2, 0) is 24.4 Å². The van der Waals surface area contributed by atoms with Gasteiger partial charge >= 0.3 is 17.1 Å². The average molecular weight is 360 g/mol. The van der Waals surface area contributed by atoms with Crippen molar-refractivity contribution >= 4 is 5.91 Å². The summed E-state index contributed by atoms with van der Waals surface area (Å²) in [6.07, 6.45) is 4.19. The van der Waals surface area contributed by atoms with Gasteiger partial charge in [-0.05, 0) is 19.1 Å². The van der Waals surface area contributed by atoms with Crippen LogP contribution in [0.25, 0.3) is 0 Å². The highest BCUT2D eigenvalue weighted by molar-refractivity contribution is 5.76. The predicted octanol–water partition coefficient (Wildman–Crippen LogP) is 0.0141. The Morgan fingerprint density at radius 1 is 1.12 bits per heavy atom. The van der Waals surface area contributed by atoms with Crippen LogP contribution in [-0.4, -0.2) is 19.6 Å². The summed E-state index contributed by atoms with van der Waals surface area (Å²) in [4.78, 5) is 49.4. The van der Waals surface area contributed by atoms with E-state index in [-0.39, 0.29) is 13.1 Å². The second-order valence-electron chi connectivity index (χ2n) is 5.54. The number of nitrogens with zero attached hydrogens (tertiary/aromatic N) is 3. The topological polar surface area (TPSA) is 108 Å². The third-order valence-electron chi connectivity index (χ3n) is 3.66. The van der Waals surface area contributed by atoms with Gasteiger partial charge in [-0.25, -0.2) is 28.1 Å². The summed E-state index contributed by atoms with van der Waals surface area (Å²) in [5.74, 6) is -0.0338. The molecule has 26 heavy (non-hydrogen) atoms. The van der Waals surface area contributed by atoms with Crippen LogP contribution >= 0.6 is 0 Å². The van der Waals surface area contributed by atoms with Gasteiger partial charge in [-0.15, -0.1) is 13.2 Å². The van der Waals surface area contributed by atoms with Crippen LogP contribution in [0.15, 0.2) is 62.5 Å². The molecule has 1 N–H and O–H groups in total. The maximum atomic E-state index is 12.4. The Bertz CT molecular complexity index is 930. The van der Waals surface area contributed by atoms with Gasteiger partial charge in [0, 0.05) is 0 Å². The van der Waals surface area contributed by atoms with E-state index in [9.17, 15) is 19.2 Å². The zero-order valence-corrected chi connectivity index (χ0v) is 14.4. The molecule has 138 valence electrons. The Morgan fingerprint density at radius 3 is 2.12 bits per heavy atom. The molecule has 0 saturated carbocycles. The highest BCUT2D eigenvalue weighted by atomic mass is 16.3. The standard InChI is InChI=1S/C17H20N4O5/c1-4-8-19-15(23)20(9-5-2)17(25)21(16(19)24)11-14(22)18-12(3)13-7-6-10-26-13/h4-7,10,12H,1-2,8-9,11H2,3H3,(H,18,22)/t12-/m0/s1. The van der Waals surface area contributed by atoms with Crippen LogP contribution in [0.3, 0.4) is 0 Å². The molecule has 1 atom stereocenters. The summed E-state index contributed by atoms with van der Waals surface area (Å²) < 4.78 is 7.57. The molecule has 0 saturated heterocycles. The van der Waals surface area contributed by atoms with Crippen molar-refractivity contribution in [2.45, 2.75) is 32.6 Å². The lowest BCUT2D eigenvalue weighted by Gasteiger charge is -2.14. The van der Waals surface area contributed by atoms with E-state index >= 15 is 0 Å². The van der Waals surface area contributed by atoms with Gasteiger partial charge in [0.1, 0.15) is 12.3 Å². The largest absolute Gasteiger partial charge is 0.467 e. The van der Waals surface area contributed by atoms with Crippen LogP contribution in [0.4, 0.5) is 0 Å². The first-order chi connectivity index (χ1) is 12.4. The highest BCUT2D eigenvalue weighted by Gasteiger charge is 2.18. The molecule has 0 bridgehead atoms. The molecule has 2 aromatic rings. The zero-order chi connectivity index (χ0) is 19.3. The summed E-state index contributed by atoms with van der Waals surface area (Å²) in [5, 5.41) is 2.63. The minimum absolute atomic E-state index is 0.0838. The number of aromatic nitrogens is 3. The van der Waals surface area contributed by atoms with E-state index in [1.807, 2.05) is 0 Å². The molecule has 1 amide bonds. The quantitative estimate of drug-likeness (QED) is 0.668. The van der Waals surface area contributed by atoms with Gasteiger partial charge < -0.3 is 9.73 Å². The maximum absolute atomic E-state index is 12.4. The van der Waals surface area contributed by atoms with Crippen LogP contribution in [0.1, 0.15) is 18.7 Å². The van der Waals surface area contributed by atoms with Gasteiger partial charge in [0.25, 0.3) is 0 Å². The van der Waals surface area contributed by atoms with Crippen LogP contribution in [0, 0.1) is 0 Å². The molecular weight excluding hydrogens is 340 g/mol. The molecule has 0 aromatic carbocycles. The third-order valence-corrected chi connectivity index (χ3v) is 3.66. The fourth-order valence-electron chi connectivity index (χ4n) is 2.43. The number of amides is 1. The van der Waals surface area contributed by atoms with Crippen LogP contribution < -0.4 is 22.4 Å². The van der Waals surface area contributed by atoms with Crippen molar-refractivity contribution < 1.29 is 9.21 Å². The van der Waals surface area contributed by atoms with E-state index in [4.69, 9.17) is 4.42 Å². The lowest BCUT2D eigenvalue weighted by Crippen LogP contribution is -2.55. The van der Waals surface area contributed by atoms with Crippen molar-refractivity contribution in [3.8, 4) is 0 Å². The molecule has 0 aliphatic carbocycles. The minimum atomic E-state index is -0.874. The van der Waals surface area contributed by atoms with Crippen molar-refractivity contribution in [2.24, 2.45) is 0 Å². The molecule has 0 aliphatic rings. The number of hydrogen-bond acceptors (Lipinski definition) is 5. The smallest absolute Gasteiger partial charge is 0.337 e. The monoisotopic (exact) mass is 360 g/mol. The van der Waals surface area contributed by atoms with Gasteiger partial charge in [0.2, 0.25) is 5.91 Å². The number of nitrogens with one attached hydrogen (secondary N) is 1. The molecule has 9 nitrogen and oxygen atoms in total. The van der Waals surface area contributed by atoms with Gasteiger partial charge in [-0.3, -0.25) is 4.79 Å². The summed E-state index contributed by atoms with van der Waals surface area (Å²) in [6, 6.07) is 2.93. The molecule has 0 fully saturated rings. The summed E-state index contributed by atoms with van der Waals surface area (Å²) in [7, 11) is 0.